The number of nitrogens with two attached hydrogens (primary N) is 2. The monoisotopic (exact) mass is 504 g/mol. The molecule has 0 radical (unpaired) electrons. The number of benzene rings is 2. The minimum atomic E-state index is -0.395. The Morgan fingerprint density at radius 1 is 1.14 bits per heavy atom. The van der Waals surface area contributed by atoms with Gasteiger partial charge in [-0.2, -0.15) is 0 Å². The first-order valence-electron chi connectivity index (χ1n) is 11.6. The molecule has 35 heavy (non-hydrogen) atoms. The largest absolute Gasteiger partial charge is 0.479 e. The van der Waals surface area contributed by atoms with Crippen LogP contribution in [-0.2, 0) is 9.59 Å². The van der Waals surface area contributed by atoms with E-state index in [-0.39, 0.29) is 58.0 Å². The lowest BCUT2D eigenvalue weighted by Gasteiger charge is -2.31. The highest BCUT2D eigenvalue weighted by molar-refractivity contribution is 6.34. The van der Waals surface area contributed by atoms with E-state index >= 15 is 0 Å². The number of nitrogens with one attached hydrogen (secondary N) is 1. The molecule has 2 aromatic rings. The van der Waals surface area contributed by atoms with Gasteiger partial charge in [-0.25, -0.2) is 4.39 Å². The van der Waals surface area contributed by atoms with Crippen LogP contribution in [0.1, 0.15) is 49.4 Å². The summed E-state index contributed by atoms with van der Waals surface area (Å²) in [4.78, 5) is 39.3. The number of hydrogen-bond donors (Lipinski definition) is 3. The van der Waals surface area contributed by atoms with Gasteiger partial charge in [0.25, 0.3) is 5.91 Å². The van der Waals surface area contributed by atoms with Crippen molar-refractivity contribution in [1.82, 2.24) is 4.90 Å². The summed E-state index contributed by atoms with van der Waals surface area (Å²) in [6, 6.07) is 6.93. The van der Waals surface area contributed by atoms with Crippen LogP contribution in [0.5, 0.6) is 5.75 Å². The lowest BCUT2D eigenvalue weighted by Crippen LogP contribution is -2.42. The second kappa shape index (κ2) is 11.9. The van der Waals surface area contributed by atoms with Crippen LogP contribution in [0, 0.1) is 11.7 Å². The predicted octanol–water partition coefficient (Wildman–Crippen LogP) is 4.27. The maximum atomic E-state index is 13.1. The van der Waals surface area contributed by atoms with Crippen LogP contribution in [0.25, 0.3) is 0 Å². The van der Waals surface area contributed by atoms with Gasteiger partial charge in [-0.05, 0) is 49.6 Å². The summed E-state index contributed by atoms with van der Waals surface area (Å²) in [7, 11) is 0. The zero-order chi connectivity index (χ0) is 25.5. The number of hydrogen-bond acceptors (Lipinski definition) is 6. The molecule has 5 N–H and O–H groups in total. The first kappa shape index (κ1) is 26.3. The number of rotatable bonds is 9. The molecule has 8 nitrogen and oxygen atoms in total. The van der Waals surface area contributed by atoms with Gasteiger partial charge in [-0.1, -0.05) is 24.9 Å². The van der Waals surface area contributed by atoms with E-state index in [0.717, 1.165) is 12.8 Å². The van der Waals surface area contributed by atoms with Gasteiger partial charge in [0.15, 0.2) is 18.1 Å². The van der Waals surface area contributed by atoms with Crippen LogP contribution in [0.3, 0.4) is 0 Å². The molecule has 0 spiro atoms. The van der Waals surface area contributed by atoms with Gasteiger partial charge < -0.3 is 26.4 Å². The SMILES string of the molecule is CCCCC(=O)Nc1cc(Cl)c(N)c(N)c1OCC(=O)N1CCC(C(=O)c2ccc(F)cc2)CC1. The number of nitrogens with zero attached hydrogens (tertiary/aromatic N) is 1. The molecule has 1 saturated heterocycles. The molecular weight excluding hydrogens is 475 g/mol. The number of Topliss-reactive ketones (excluding diaryl/α,β-unsaturated/α-hetero) is 1. The highest BCUT2D eigenvalue weighted by Gasteiger charge is 2.28. The summed E-state index contributed by atoms with van der Waals surface area (Å²) >= 11 is 6.12. The van der Waals surface area contributed by atoms with E-state index in [0.29, 0.717) is 37.9 Å². The number of carbonyl (C=O) groups excluding carboxylic acids is 3. The highest BCUT2D eigenvalue weighted by Crippen LogP contribution is 2.41. The van der Waals surface area contributed by atoms with Crippen molar-refractivity contribution in [1.29, 1.82) is 0 Å². The lowest BCUT2D eigenvalue weighted by molar-refractivity contribution is -0.134. The molecule has 0 unspecified atom stereocenters. The Labute approximate surface area is 208 Å². The quantitative estimate of drug-likeness (QED) is 0.345. The summed E-state index contributed by atoms with van der Waals surface area (Å²) in [5, 5.41) is 2.89. The summed E-state index contributed by atoms with van der Waals surface area (Å²) in [6.45, 7) is 2.43. The number of ketones is 1. The number of likely N-dealkylation sites (tertiary alicyclic amines) is 1. The Kier molecular flexibility index (Phi) is 8.92. The van der Waals surface area contributed by atoms with E-state index in [1.54, 1.807) is 4.90 Å². The van der Waals surface area contributed by atoms with Crippen molar-refractivity contribution in [3.8, 4) is 5.75 Å². The molecule has 0 aliphatic carbocycles. The summed E-state index contributed by atoms with van der Waals surface area (Å²) in [6.07, 6.45) is 2.90. The molecule has 188 valence electrons. The average Bonchev–Trinajstić information content (AvgIpc) is 2.86. The van der Waals surface area contributed by atoms with Gasteiger partial charge in [0.2, 0.25) is 5.91 Å². The molecule has 0 saturated carbocycles. The van der Waals surface area contributed by atoms with Crippen molar-refractivity contribution in [2.24, 2.45) is 5.92 Å². The molecular formula is C25H30ClFN4O4. The standard InChI is InChI=1S/C25H30ClFN4O4/c1-2-3-4-20(32)30-19-13-18(26)22(28)23(29)25(19)35-14-21(33)31-11-9-16(10-12-31)24(34)15-5-7-17(27)8-6-15/h5-8,13,16H,2-4,9-12,14,28-29H2,1H3,(H,30,32). The number of halogens is 2. The third-order valence-corrected chi connectivity index (χ3v) is 6.34. The first-order chi connectivity index (χ1) is 16.7. The van der Waals surface area contributed by atoms with Crippen molar-refractivity contribution in [2.75, 3.05) is 36.5 Å². The fourth-order valence-electron chi connectivity index (χ4n) is 3.93. The van der Waals surface area contributed by atoms with E-state index in [9.17, 15) is 18.8 Å². The van der Waals surface area contributed by atoms with Crippen molar-refractivity contribution >= 4 is 46.3 Å². The van der Waals surface area contributed by atoms with E-state index in [1.165, 1.54) is 30.3 Å². The van der Waals surface area contributed by atoms with Gasteiger partial charge >= 0.3 is 0 Å². The number of carbonyl (C=O) groups is 3. The maximum absolute atomic E-state index is 13.1. The minimum absolute atomic E-state index is 0.0414. The van der Waals surface area contributed by atoms with Crippen LogP contribution < -0.4 is 21.5 Å². The fraction of sp³-hybridized carbons (Fsp3) is 0.400. The van der Waals surface area contributed by atoms with E-state index in [1.807, 2.05) is 6.92 Å². The molecule has 2 amide bonds. The van der Waals surface area contributed by atoms with Crippen molar-refractivity contribution in [2.45, 2.75) is 39.0 Å². The number of amides is 2. The number of nitrogen functional groups attached to an aromatic ring is 2. The third-order valence-electron chi connectivity index (χ3n) is 6.03. The second-order valence-electron chi connectivity index (χ2n) is 8.53. The van der Waals surface area contributed by atoms with Gasteiger partial charge in [0.1, 0.15) is 11.5 Å². The van der Waals surface area contributed by atoms with Crippen molar-refractivity contribution in [3.63, 3.8) is 0 Å². The molecule has 1 heterocycles. The molecule has 1 aliphatic heterocycles. The maximum Gasteiger partial charge on any atom is 0.260 e. The fourth-order valence-corrected chi connectivity index (χ4v) is 4.14. The molecule has 0 atom stereocenters. The van der Waals surface area contributed by atoms with Gasteiger partial charge in [0.05, 0.1) is 16.4 Å². The van der Waals surface area contributed by atoms with E-state index < -0.39 is 5.82 Å². The lowest BCUT2D eigenvalue weighted by atomic mass is 9.89. The minimum Gasteiger partial charge on any atom is -0.479 e. The number of ether oxygens (including phenoxy) is 1. The summed E-state index contributed by atoms with van der Waals surface area (Å²) in [5.41, 5.74) is 12.8. The normalized spacial score (nSPS) is 14.0. The Hall–Kier alpha value is -3.33. The van der Waals surface area contributed by atoms with Crippen molar-refractivity contribution in [3.05, 3.63) is 46.7 Å². The zero-order valence-corrected chi connectivity index (χ0v) is 20.4. The summed E-state index contributed by atoms with van der Waals surface area (Å²) in [5.74, 6) is -1.10. The predicted molar refractivity (Wildman–Crippen MR) is 134 cm³/mol. The van der Waals surface area contributed by atoms with E-state index in [4.69, 9.17) is 27.8 Å². The second-order valence-corrected chi connectivity index (χ2v) is 8.94. The Morgan fingerprint density at radius 3 is 2.43 bits per heavy atom. The van der Waals surface area contributed by atoms with Crippen molar-refractivity contribution < 1.29 is 23.5 Å². The van der Waals surface area contributed by atoms with Crippen LogP contribution in [-0.4, -0.2) is 42.2 Å². The van der Waals surface area contributed by atoms with Gasteiger partial charge in [-0.3, -0.25) is 14.4 Å². The van der Waals surface area contributed by atoms with Crippen LogP contribution in [0.2, 0.25) is 5.02 Å². The molecule has 10 heteroatoms. The van der Waals surface area contributed by atoms with Crippen LogP contribution >= 0.6 is 11.6 Å². The van der Waals surface area contributed by atoms with Crippen LogP contribution in [0.4, 0.5) is 21.5 Å². The Morgan fingerprint density at radius 2 is 1.80 bits per heavy atom. The number of unbranched alkanes of at least 4 members (excludes halogenated alkanes) is 1. The molecule has 2 aromatic carbocycles. The molecule has 3 rings (SSSR count). The smallest absolute Gasteiger partial charge is 0.260 e. The average molecular weight is 505 g/mol. The highest BCUT2D eigenvalue weighted by atomic mass is 35.5. The third kappa shape index (κ3) is 6.63. The molecule has 0 aromatic heterocycles. The molecule has 1 aliphatic rings. The Bertz CT molecular complexity index is 1090. The van der Waals surface area contributed by atoms with Gasteiger partial charge in [0, 0.05) is 31.0 Å². The van der Waals surface area contributed by atoms with Gasteiger partial charge in [-0.15, -0.1) is 0 Å². The number of piperidine rings is 1. The van der Waals surface area contributed by atoms with Crippen LogP contribution in [0.15, 0.2) is 30.3 Å². The van der Waals surface area contributed by atoms with E-state index in [2.05, 4.69) is 5.32 Å². The first-order valence-corrected chi connectivity index (χ1v) is 12.0. The molecule has 1 fully saturated rings. The topological polar surface area (TPSA) is 128 Å². The summed E-state index contributed by atoms with van der Waals surface area (Å²) < 4.78 is 18.8. The Balaban J connectivity index is 1.60. The zero-order valence-electron chi connectivity index (χ0n) is 19.6. The number of anilines is 3. The molecule has 0 bridgehead atoms.